The van der Waals surface area contributed by atoms with Crippen LogP contribution in [0.25, 0.3) is 10.9 Å². The van der Waals surface area contributed by atoms with Crippen molar-refractivity contribution in [2.75, 3.05) is 5.32 Å². The number of benzene rings is 1. The average Bonchev–Trinajstić information content (AvgIpc) is 2.89. The van der Waals surface area contributed by atoms with Crippen LogP contribution in [0.2, 0.25) is 0 Å². The zero-order valence-electron chi connectivity index (χ0n) is 10.8. The molecule has 0 fully saturated rings. The van der Waals surface area contributed by atoms with E-state index in [0.717, 1.165) is 10.9 Å². The Labute approximate surface area is 114 Å². The van der Waals surface area contributed by atoms with Gasteiger partial charge in [-0.3, -0.25) is 14.7 Å². The Hall–Kier alpha value is -2.89. The first-order chi connectivity index (χ1) is 9.63. The molecule has 0 unspecified atom stereocenters. The van der Waals surface area contributed by atoms with E-state index in [1.54, 1.807) is 31.6 Å². The van der Waals surface area contributed by atoms with E-state index in [1.165, 1.54) is 10.6 Å². The number of rotatable bonds is 2. The third-order valence-corrected chi connectivity index (χ3v) is 3.06. The molecule has 6 heteroatoms. The van der Waals surface area contributed by atoms with Gasteiger partial charge >= 0.3 is 0 Å². The zero-order valence-corrected chi connectivity index (χ0v) is 10.8. The second kappa shape index (κ2) is 4.65. The highest BCUT2D eigenvalue weighted by Crippen LogP contribution is 2.17. The molecule has 0 spiro atoms. The molecule has 2 aromatic heterocycles. The Kier molecular flexibility index (Phi) is 2.83. The van der Waals surface area contributed by atoms with Gasteiger partial charge in [0.05, 0.1) is 11.7 Å². The molecule has 3 rings (SSSR count). The molecule has 0 aliphatic carbocycles. The summed E-state index contributed by atoms with van der Waals surface area (Å²) in [4.78, 5) is 23.6. The average molecular weight is 268 g/mol. The minimum Gasteiger partial charge on any atom is -0.322 e. The van der Waals surface area contributed by atoms with E-state index in [0.29, 0.717) is 11.3 Å². The maximum absolute atomic E-state index is 12.1. The SMILES string of the molecule is Cn1ccc(C(=O)Nc2ccc3[nH]ncc3c2)cc1=O. The first-order valence-electron chi connectivity index (χ1n) is 6.05. The number of nitrogens with zero attached hydrogens (tertiary/aromatic N) is 2. The topological polar surface area (TPSA) is 79.8 Å². The van der Waals surface area contributed by atoms with E-state index >= 15 is 0 Å². The quantitative estimate of drug-likeness (QED) is 0.739. The standard InChI is InChI=1S/C14H12N4O2/c1-18-5-4-9(7-13(18)19)14(20)16-11-2-3-12-10(6-11)8-15-17-12/h2-8H,1H3,(H,15,17)(H,16,20). The smallest absolute Gasteiger partial charge is 0.255 e. The number of amides is 1. The van der Waals surface area contributed by atoms with E-state index in [2.05, 4.69) is 15.5 Å². The fourth-order valence-corrected chi connectivity index (χ4v) is 1.91. The molecule has 3 aromatic rings. The van der Waals surface area contributed by atoms with Gasteiger partial charge in [0, 0.05) is 35.9 Å². The van der Waals surface area contributed by atoms with Crippen molar-refractivity contribution in [3.05, 3.63) is 58.6 Å². The molecule has 6 nitrogen and oxygen atoms in total. The number of carbonyl (C=O) groups is 1. The lowest BCUT2D eigenvalue weighted by atomic mass is 10.2. The van der Waals surface area contributed by atoms with E-state index < -0.39 is 0 Å². The van der Waals surface area contributed by atoms with E-state index in [4.69, 9.17) is 0 Å². The van der Waals surface area contributed by atoms with Crippen LogP contribution >= 0.6 is 0 Å². The number of fused-ring (bicyclic) bond motifs is 1. The molecule has 1 amide bonds. The van der Waals surface area contributed by atoms with Crippen LogP contribution in [-0.2, 0) is 7.05 Å². The number of anilines is 1. The van der Waals surface area contributed by atoms with Gasteiger partial charge in [-0.2, -0.15) is 5.10 Å². The highest BCUT2D eigenvalue weighted by molar-refractivity contribution is 6.04. The fourth-order valence-electron chi connectivity index (χ4n) is 1.91. The number of hydrogen-bond acceptors (Lipinski definition) is 3. The predicted octanol–water partition coefficient (Wildman–Crippen LogP) is 1.51. The number of hydrogen-bond donors (Lipinski definition) is 2. The summed E-state index contributed by atoms with van der Waals surface area (Å²) in [7, 11) is 1.64. The van der Waals surface area contributed by atoms with Crippen LogP contribution in [0.15, 0.2) is 47.5 Å². The first-order valence-corrected chi connectivity index (χ1v) is 6.05. The minimum atomic E-state index is -0.314. The predicted molar refractivity (Wildman–Crippen MR) is 75.7 cm³/mol. The van der Waals surface area contributed by atoms with Crippen molar-refractivity contribution in [3.8, 4) is 0 Å². The molecule has 2 heterocycles. The number of H-pyrrole nitrogens is 1. The number of pyridine rings is 1. The summed E-state index contributed by atoms with van der Waals surface area (Å²) in [5.41, 5.74) is 1.67. The number of aryl methyl sites for hydroxylation is 1. The van der Waals surface area contributed by atoms with Crippen molar-refractivity contribution >= 4 is 22.5 Å². The van der Waals surface area contributed by atoms with Crippen LogP contribution in [0.1, 0.15) is 10.4 Å². The van der Waals surface area contributed by atoms with E-state index in [9.17, 15) is 9.59 Å². The number of nitrogens with one attached hydrogen (secondary N) is 2. The molecule has 20 heavy (non-hydrogen) atoms. The second-order valence-electron chi connectivity index (χ2n) is 4.49. The van der Waals surface area contributed by atoms with Crippen LogP contribution < -0.4 is 10.9 Å². The van der Waals surface area contributed by atoms with Crippen molar-refractivity contribution in [1.29, 1.82) is 0 Å². The summed E-state index contributed by atoms with van der Waals surface area (Å²) in [5, 5.41) is 10.4. The molecule has 100 valence electrons. The third-order valence-electron chi connectivity index (χ3n) is 3.06. The van der Waals surface area contributed by atoms with Crippen molar-refractivity contribution < 1.29 is 4.79 Å². The third kappa shape index (κ3) is 2.18. The molecule has 0 bridgehead atoms. The minimum absolute atomic E-state index is 0.220. The summed E-state index contributed by atoms with van der Waals surface area (Å²) in [5.74, 6) is -0.314. The van der Waals surface area contributed by atoms with Gasteiger partial charge in [-0.1, -0.05) is 0 Å². The Bertz CT molecular complexity index is 848. The largest absolute Gasteiger partial charge is 0.322 e. The molecule has 0 aliphatic rings. The van der Waals surface area contributed by atoms with Crippen LogP contribution in [-0.4, -0.2) is 20.7 Å². The van der Waals surface area contributed by atoms with Crippen molar-refractivity contribution in [2.24, 2.45) is 7.05 Å². The molecule has 1 aromatic carbocycles. The summed E-state index contributed by atoms with van der Waals surface area (Å²) in [6.45, 7) is 0. The van der Waals surface area contributed by atoms with Gasteiger partial charge < -0.3 is 9.88 Å². The normalized spacial score (nSPS) is 10.7. The molecular formula is C14H12N4O2. The maximum atomic E-state index is 12.1. The van der Waals surface area contributed by atoms with E-state index in [-0.39, 0.29) is 11.5 Å². The summed E-state index contributed by atoms with van der Waals surface area (Å²) >= 11 is 0. The molecule has 0 saturated carbocycles. The van der Waals surface area contributed by atoms with Gasteiger partial charge in [-0.15, -0.1) is 0 Å². The Morgan fingerprint density at radius 1 is 1.30 bits per heavy atom. The van der Waals surface area contributed by atoms with Crippen molar-refractivity contribution in [3.63, 3.8) is 0 Å². The summed E-state index contributed by atoms with van der Waals surface area (Å²) in [6, 6.07) is 8.35. The van der Waals surface area contributed by atoms with Gasteiger partial charge in [0.25, 0.3) is 11.5 Å². The zero-order chi connectivity index (χ0) is 14.1. The van der Waals surface area contributed by atoms with Gasteiger partial charge in [0.2, 0.25) is 0 Å². The van der Waals surface area contributed by atoms with Gasteiger partial charge in [0.15, 0.2) is 0 Å². The van der Waals surface area contributed by atoms with Crippen LogP contribution in [0.4, 0.5) is 5.69 Å². The van der Waals surface area contributed by atoms with Crippen LogP contribution in [0.3, 0.4) is 0 Å². The summed E-state index contributed by atoms with van der Waals surface area (Å²) < 4.78 is 1.41. The molecule has 0 saturated heterocycles. The second-order valence-corrected chi connectivity index (χ2v) is 4.49. The Balaban J connectivity index is 1.87. The maximum Gasteiger partial charge on any atom is 0.255 e. The number of aromatic amines is 1. The molecule has 0 atom stereocenters. The monoisotopic (exact) mass is 268 g/mol. The molecule has 0 radical (unpaired) electrons. The van der Waals surface area contributed by atoms with Crippen molar-refractivity contribution in [2.45, 2.75) is 0 Å². The van der Waals surface area contributed by atoms with E-state index in [1.807, 2.05) is 12.1 Å². The van der Waals surface area contributed by atoms with Crippen LogP contribution in [0, 0.1) is 0 Å². The fraction of sp³-hybridized carbons (Fsp3) is 0.0714. The summed E-state index contributed by atoms with van der Waals surface area (Å²) in [6.07, 6.45) is 3.25. The lowest BCUT2D eigenvalue weighted by Gasteiger charge is -2.05. The first kappa shape index (κ1) is 12.2. The van der Waals surface area contributed by atoms with Gasteiger partial charge in [-0.05, 0) is 24.3 Å². The Morgan fingerprint density at radius 3 is 2.95 bits per heavy atom. The van der Waals surface area contributed by atoms with Crippen LogP contribution in [0.5, 0.6) is 0 Å². The molecule has 0 aliphatic heterocycles. The van der Waals surface area contributed by atoms with Crippen molar-refractivity contribution in [1.82, 2.24) is 14.8 Å². The number of carbonyl (C=O) groups excluding carboxylic acids is 1. The van der Waals surface area contributed by atoms with Gasteiger partial charge in [-0.25, -0.2) is 0 Å². The van der Waals surface area contributed by atoms with Gasteiger partial charge in [0.1, 0.15) is 0 Å². The lowest BCUT2D eigenvalue weighted by molar-refractivity contribution is 0.102. The molecular weight excluding hydrogens is 256 g/mol. The highest BCUT2D eigenvalue weighted by Gasteiger charge is 2.08. The highest BCUT2D eigenvalue weighted by atomic mass is 16.2. The Morgan fingerprint density at radius 2 is 2.15 bits per heavy atom. The molecule has 2 N–H and O–H groups in total. The number of aromatic nitrogens is 3. The lowest BCUT2D eigenvalue weighted by Crippen LogP contribution is -2.19.